The molecular weight excluding hydrogens is 694 g/mol. The van der Waals surface area contributed by atoms with Crippen LogP contribution in [0.1, 0.15) is 122 Å². The first-order valence-corrected chi connectivity index (χ1v) is 19.3. The van der Waals surface area contributed by atoms with Gasteiger partial charge in [0.25, 0.3) is 0 Å². The van der Waals surface area contributed by atoms with E-state index in [2.05, 4.69) is 16.0 Å². The molecule has 0 unspecified atom stereocenters. The molecule has 0 rings (SSSR count). The molecule has 0 bridgehead atoms. The van der Waals surface area contributed by atoms with Crippen molar-refractivity contribution < 1.29 is 63.0 Å². The molecule has 0 heterocycles. The summed E-state index contributed by atoms with van der Waals surface area (Å²) < 4.78 is 21.7. The van der Waals surface area contributed by atoms with Crippen LogP contribution in [0.2, 0.25) is 0 Å². The number of amides is 3. The number of carbonyl (C=O) groups is 6. The molecule has 0 aromatic heterocycles. The normalized spacial score (nSPS) is 12.2. The van der Waals surface area contributed by atoms with Gasteiger partial charge in [-0.1, -0.05) is 64.7 Å². The first kappa shape index (κ1) is 49.7. The SMILES string of the molecule is C[C@@H](CCCCNC(=O)CC[C@@H](NC(=O)CCOCCOCCOCCOCCNC(=O)CCCCCCCCCCCCC(=O)O)C(=O)O)C(=O)O. The van der Waals surface area contributed by atoms with Crippen LogP contribution in [-0.4, -0.2) is 123 Å². The maximum absolute atomic E-state index is 12.1. The molecule has 0 aromatic rings. The summed E-state index contributed by atoms with van der Waals surface area (Å²) in [5, 5.41) is 34.8. The highest BCUT2D eigenvalue weighted by Crippen LogP contribution is 2.12. The van der Waals surface area contributed by atoms with Crippen LogP contribution in [0.15, 0.2) is 0 Å². The molecule has 6 N–H and O–H groups in total. The lowest BCUT2D eigenvalue weighted by atomic mass is 10.0. The zero-order chi connectivity index (χ0) is 39.4. The molecule has 53 heavy (non-hydrogen) atoms. The fraction of sp³-hybridized carbons (Fsp3) is 0.838. The number of carboxylic acid groups (broad SMARTS) is 3. The van der Waals surface area contributed by atoms with Crippen molar-refractivity contribution in [2.24, 2.45) is 5.92 Å². The number of hydrogen-bond donors (Lipinski definition) is 6. The largest absolute Gasteiger partial charge is 0.481 e. The van der Waals surface area contributed by atoms with Gasteiger partial charge in [-0.2, -0.15) is 0 Å². The van der Waals surface area contributed by atoms with Gasteiger partial charge in [-0.3, -0.25) is 24.0 Å². The summed E-state index contributed by atoms with van der Waals surface area (Å²) in [6.07, 6.45) is 13.0. The molecule has 0 aliphatic carbocycles. The lowest BCUT2D eigenvalue weighted by Crippen LogP contribution is -2.42. The number of carbonyl (C=O) groups excluding carboxylic acids is 3. The highest BCUT2D eigenvalue weighted by Gasteiger charge is 2.21. The average molecular weight is 762 g/mol. The van der Waals surface area contributed by atoms with Crippen LogP contribution in [0.4, 0.5) is 0 Å². The minimum Gasteiger partial charge on any atom is -0.481 e. The van der Waals surface area contributed by atoms with Crippen LogP contribution in [0, 0.1) is 5.92 Å². The zero-order valence-corrected chi connectivity index (χ0v) is 31.9. The third kappa shape index (κ3) is 35.5. The van der Waals surface area contributed by atoms with E-state index < -0.39 is 35.8 Å². The molecule has 16 nitrogen and oxygen atoms in total. The molecule has 16 heteroatoms. The van der Waals surface area contributed by atoms with Gasteiger partial charge in [0.1, 0.15) is 6.04 Å². The maximum atomic E-state index is 12.1. The fourth-order valence-corrected chi connectivity index (χ4v) is 5.07. The Morgan fingerprint density at radius 3 is 1.45 bits per heavy atom. The lowest BCUT2D eigenvalue weighted by Gasteiger charge is -2.14. The van der Waals surface area contributed by atoms with Gasteiger partial charge in [-0.15, -0.1) is 0 Å². The Kier molecular flexibility index (Phi) is 33.4. The second-order valence-corrected chi connectivity index (χ2v) is 13.1. The maximum Gasteiger partial charge on any atom is 0.326 e. The lowest BCUT2D eigenvalue weighted by molar-refractivity contribution is -0.142. The van der Waals surface area contributed by atoms with E-state index in [0.717, 1.165) is 44.9 Å². The molecule has 0 saturated carbocycles. The summed E-state index contributed by atoms with van der Waals surface area (Å²) in [6, 6.07) is -1.20. The van der Waals surface area contributed by atoms with Crippen LogP contribution in [0.25, 0.3) is 0 Å². The Labute approximate surface area is 314 Å². The summed E-state index contributed by atoms with van der Waals surface area (Å²) in [7, 11) is 0. The van der Waals surface area contributed by atoms with Crippen molar-refractivity contribution >= 4 is 35.6 Å². The van der Waals surface area contributed by atoms with Crippen molar-refractivity contribution in [3.63, 3.8) is 0 Å². The van der Waals surface area contributed by atoms with Crippen molar-refractivity contribution in [2.75, 3.05) is 65.9 Å². The second-order valence-electron chi connectivity index (χ2n) is 13.1. The molecule has 0 spiro atoms. The summed E-state index contributed by atoms with van der Waals surface area (Å²) in [6.45, 7) is 5.01. The van der Waals surface area contributed by atoms with Crippen LogP contribution in [0.3, 0.4) is 0 Å². The highest BCUT2D eigenvalue weighted by atomic mass is 16.6. The van der Waals surface area contributed by atoms with Gasteiger partial charge in [0.05, 0.1) is 58.8 Å². The van der Waals surface area contributed by atoms with E-state index in [-0.39, 0.29) is 50.7 Å². The first-order chi connectivity index (χ1) is 25.5. The number of rotatable bonds is 39. The van der Waals surface area contributed by atoms with Crippen LogP contribution < -0.4 is 16.0 Å². The van der Waals surface area contributed by atoms with Crippen molar-refractivity contribution in [2.45, 2.75) is 129 Å². The second kappa shape index (κ2) is 35.7. The number of unbranched alkanes of at least 4 members (excludes halogenated alkanes) is 10. The molecule has 0 aliphatic rings. The number of aliphatic carboxylic acids is 3. The van der Waals surface area contributed by atoms with E-state index in [0.29, 0.717) is 78.4 Å². The summed E-state index contributed by atoms with van der Waals surface area (Å²) >= 11 is 0. The molecule has 0 aromatic carbocycles. The van der Waals surface area contributed by atoms with Crippen LogP contribution in [-0.2, 0) is 47.7 Å². The molecule has 0 fully saturated rings. The Morgan fingerprint density at radius 1 is 0.453 bits per heavy atom. The van der Waals surface area contributed by atoms with Crippen LogP contribution >= 0.6 is 0 Å². The minimum absolute atomic E-state index is 0.0344. The number of ether oxygens (including phenoxy) is 4. The highest BCUT2D eigenvalue weighted by molar-refractivity contribution is 5.84. The van der Waals surface area contributed by atoms with Gasteiger partial charge >= 0.3 is 17.9 Å². The quantitative estimate of drug-likeness (QED) is 0.0491. The standard InChI is InChI=1S/C37H67N3O13/c1-30(36(46)47)14-12-13-20-38-33(42)18-17-31(37(48)49)40-34(43)19-22-50-24-26-52-28-29-53-27-25-51-23-21-39-32(41)15-10-8-6-4-2-3-5-7-9-11-16-35(44)45/h30-31H,2-29H2,1H3,(H,38,42)(H,39,41)(H,40,43)(H,44,45)(H,46,47)(H,48,49)/t30-,31+/m0/s1. The Bertz CT molecular complexity index is 999. The summed E-state index contributed by atoms with van der Waals surface area (Å²) in [5.41, 5.74) is 0. The fourth-order valence-electron chi connectivity index (χ4n) is 5.07. The van der Waals surface area contributed by atoms with Gasteiger partial charge in [0, 0.05) is 38.8 Å². The minimum atomic E-state index is -1.23. The van der Waals surface area contributed by atoms with Gasteiger partial charge in [0.15, 0.2) is 0 Å². The van der Waals surface area contributed by atoms with E-state index >= 15 is 0 Å². The van der Waals surface area contributed by atoms with E-state index in [4.69, 9.17) is 29.2 Å². The van der Waals surface area contributed by atoms with E-state index in [1.165, 1.54) is 19.3 Å². The Morgan fingerprint density at radius 2 is 0.925 bits per heavy atom. The van der Waals surface area contributed by atoms with Gasteiger partial charge in [0.2, 0.25) is 17.7 Å². The molecule has 3 amide bonds. The van der Waals surface area contributed by atoms with Crippen molar-refractivity contribution in [1.29, 1.82) is 0 Å². The first-order valence-electron chi connectivity index (χ1n) is 19.3. The van der Waals surface area contributed by atoms with Gasteiger partial charge < -0.3 is 50.2 Å². The van der Waals surface area contributed by atoms with E-state index in [9.17, 15) is 33.9 Å². The predicted octanol–water partition coefficient (Wildman–Crippen LogP) is 3.68. The summed E-state index contributed by atoms with van der Waals surface area (Å²) in [5.74, 6) is -4.05. The Balaban J connectivity index is 3.54. The number of nitrogens with one attached hydrogen (secondary N) is 3. The topological polar surface area (TPSA) is 236 Å². The average Bonchev–Trinajstić information content (AvgIpc) is 3.11. The van der Waals surface area contributed by atoms with E-state index in [1.807, 2.05) is 0 Å². The summed E-state index contributed by atoms with van der Waals surface area (Å²) in [4.78, 5) is 68.9. The predicted molar refractivity (Wildman–Crippen MR) is 196 cm³/mol. The zero-order valence-electron chi connectivity index (χ0n) is 31.9. The number of hydrogen-bond acceptors (Lipinski definition) is 10. The Hall–Kier alpha value is -3.34. The monoisotopic (exact) mass is 761 g/mol. The van der Waals surface area contributed by atoms with Gasteiger partial charge in [-0.25, -0.2) is 4.79 Å². The smallest absolute Gasteiger partial charge is 0.326 e. The van der Waals surface area contributed by atoms with Gasteiger partial charge in [-0.05, 0) is 32.1 Å². The third-order valence-electron chi connectivity index (χ3n) is 8.30. The molecule has 308 valence electrons. The third-order valence-corrected chi connectivity index (χ3v) is 8.30. The molecular formula is C37H67N3O13. The van der Waals surface area contributed by atoms with Crippen molar-refractivity contribution in [3.05, 3.63) is 0 Å². The van der Waals surface area contributed by atoms with Crippen molar-refractivity contribution in [1.82, 2.24) is 16.0 Å². The van der Waals surface area contributed by atoms with Crippen molar-refractivity contribution in [3.8, 4) is 0 Å². The molecule has 2 atom stereocenters. The number of carboxylic acids is 3. The van der Waals surface area contributed by atoms with E-state index in [1.54, 1.807) is 6.92 Å². The van der Waals surface area contributed by atoms with Crippen LogP contribution in [0.5, 0.6) is 0 Å². The molecule has 0 radical (unpaired) electrons. The molecule has 0 aliphatic heterocycles. The molecule has 0 saturated heterocycles.